The Bertz CT molecular complexity index is 832. The summed E-state index contributed by atoms with van der Waals surface area (Å²) in [6, 6.07) is 8.44. The second kappa shape index (κ2) is 6.04. The van der Waals surface area contributed by atoms with Gasteiger partial charge in [-0.2, -0.15) is 0 Å². The molecule has 0 radical (unpaired) electrons. The quantitative estimate of drug-likeness (QED) is 0.841. The van der Waals surface area contributed by atoms with Crippen LogP contribution in [0.15, 0.2) is 28.8 Å². The maximum Gasteiger partial charge on any atom is 0.180 e. The van der Waals surface area contributed by atoms with Gasteiger partial charge in [0.15, 0.2) is 11.4 Å². The van der Waals surface area contributed by atoms with Gasteiger partial charge in [-0.25, -0.2) is 8.42 Å². The lowest BCUT2D eigenvalue weighted by molar-refractivity contribution is 0.102. The van der Waals surface area contributed by atoms with E-state index in [1.165, 1.54) is 6.26 Å². The molecule has 1 aromatic carbocycles. The van der Waals surface area contributed by atoms with E-state index in [0.717, 1.165) is 55.8 Å². The standard InChI is InChI=1S/C17H23N3O3S/c1-24(21,22)12-13-6-7-14-11-20(9-8-19(14)10-13)17-15-4-2-3-5-16(15)23-18-17/h2-5,13-14H,6-12H2,1H3/t13-,14-/m1/s1. The number of aromatic nitrogens is 1. The van der Waals surface area contributed by atoms with E-state index >= 15 is 0 Å². The first-order valence-electron chi connectivity index (χ1n) is 8.51. The number of benzene rings is 1. The normalized spacial score (nSPS) is 25.8. The molecule has 0 bridgehead atoms. The highest BCUT2D eigenvalue weighted by Gasteiger charge is 2.35. The molecular weight excluding hydrogens is 326 g/mol. The third-order valence-electron chi connectivity index (χ3n) is 5.20. The average molecular weight is 349 g/mol. The van der Waals surface area contributed by atoms with Crippen molar-refractivity contribution in [3.8, 4) is 0 Å². The van der Waals surface area contributed by atoms with Crippen LogP contribution in [0.3, 0.4) is 0 Å². The van der Waals surface area contributed by atoms with Crippen molar-refractivity contribution in [2.45, 2.75) is 18.9 Å². The van der Waals surface area contributed by atoms with Crippen molar-refractivity contribution in [3.05, 3.63) is 24.3 Å². The molecule has 0 spiro atoms. The van der Waals surface area contributed by atoms with Crippen LogP contribution in [0.5, 0.6) is 0 Å². The van der Waals surface area contributed by atoms with Crippen molar-refractivity contribution >= 4 is 26.6 Å². The number of piperidine rings is 1. The largest absolute Gasteiger partial charge is 0.354 e. The molecule has 4 rings (SSSR count). The Morgan fingerprint density at radius 1 is 1.21 bits per heavy atom. The summed E-state index contributed by atoms with van der Waals surface area (Å²) >= 11 is 0. The van der Waals surface area contributed by atoms with Crippen molar-refractivity contribution in [3.63, 3.8) is 0 Å². The Morgan fingerprint density at radius 2 is 2.04 bits per heavy atom. The van der Waals surface area contributed by atoms with Crippen LogP contribution in [0.1, 0.15) is 12.8 Å². The van der Waals surface area contributed by atoms with Gasteiger partial charge in [0.2, 0.25) is 0 Å². The minimum absolute atomic E-state index is 0.274. The highest BCUT2D eigenvalue weighted by atomic mass is 32.2. The van der Waals surface area contributed by atoms with Crippen LogP contribution in [0, 0.1) is 5.92 Å². The summed E-state index contributed by atoms with van der Waals surface area (Å²) < 4.78 is 28.5. The molecule has 0 aliphatic carbocycles. The van der Waals surface area contributed by atoms with Crippen molar-refractivity contribution < 1.29 is 12.9 Å². The molecule has 6 nitrogen and oxygen atoms in total. The first-order valence-corrected chi connectivity index (χ1v) is 10.6. The van der Waals surface area contributed by atoms with Crippen LogP contribution in [-0.2, 0) is 9.84 Å². The number of hydrogen-bond donors (Lipinski definition) is 0. The predicted octanol–water partition coefficient (Wildman–Crippen LogP) is 1.77. The van der Waals surface area contributed by atoms with Crippen LogP contribution in [0.2, 0.25) is 0 Å². The maximum absolute atomic E-state index is 11.5. The van der Waals surface area contributed by atoms with Crippen molar-refractivity contribution in [1.29, 1.82) is 0 Å². The summed E-state index contributed by atoms with van der Waals surface area (Å²) in [6.07, 6.45) is 3.38. The van der Waals surface area contributed by atoms with Gasteiger partial charge in [-0.05, 0) is 30.9 Å². The molecule has 2 aromatic rings. The predicted molar refractivity (Wildman–Crippen MR) is 94.0 cm³/mol. The Kier molecular flexibility index (Phi) is 4.00. The average Bonchev–Trinajstić information content (AvgIpc) is 2.97. The molecule has 2 saturated heterocycles. The molecule has 0 unspecified atom stereocenters. The molecule has 3 heterocycles. The van der Waals surface area contributed by atoms with E-state index < -0.39 is 9.84 Å². The monoisotopic (exact) mass is 349 g/mol. The Labute approximate surface area is 142 Å². The highest BCUT2D eigenvalue weighted by molar-refractivity contribution is 7.90. The molecule has 0 N–H and O–H groups in total. The van der Waals surface area contributed by atoms with Gasteiger partial charge in [0, 0.05) is 38.5 Å². The van der Waals surface area contributed by atoms with Crippen molar-refractivity contribution in [2.75, 3.05) is 43.1 Å². The van der Waals surface area contributed by atoms with Gasteiger partial charge in [0.25, 0.3) is 0 Å². The van der Waals surface area contributed by atoms with E-state index in [1.807, 2.05) is 18.2 Å². The van der Waals surface area contributed by atoms with Crippen LogP contribution in [-0.4, -0.2) is 62.7 Å². The number of sulfone groups is 1. The van der Waals surface area contributed by atoms with E-state index in [9.17, 15) is 8.42 Å². The molecule has 2 aliphatic heterocycles. The molecule has 130 valence electrons. The molecule has 7 heteroatoms. The summed E-state index contributed by atoms with van der Waals surface area (Å²) in [6.45, 7) is 3.68. The lowest BCUT2D eigenvalue weighted by Gasteiger charge is -2.46. The fourth-order valence-corrected chi connectivity index (χ4v) is 5.24. The van der Waals surface area contributed by atoms with Gasteiger partial charge in [-0.3, -0.25) is 4.90 Å². The summed E-state index contributed by atoms with van der Waals surface area (Å²) in [5.41, 5.74) is 0.826. The van der Waals surface area contributed by atoms with E-state index in [2.05, 4.69) is 21.0 Å². The van der Waals surface area contributed by atoms with Gasteiger partial charge in [0.05, 0.1) is 11.1 Å². The third-order valence-corrected chi connectivity index (χ3v) is 6.28. The van der Waals surface area contributed by atoms with E-state index in [-0.39, 0.29) is 5.92 Å². The Hall–Kier alpha value is -1.60. The molecule has 0 amide bonds. The molecule has 2 atom stereocenters. The minimum atomic E-state index is -2.89. The molecular formula is C17H23N3O3S. The number of hydrogen-bond acceptors (Lipinski definition) is 6. The first kappa shape index (κ1) is 15.9. The second-order valence-corrected chi connectivity index (χ2v) is 9.32. The third kappa shape index (κ3) is 3.15. The number of rotatable bonds is 3. The van der Waals surface area contributed by atoms with Crippen LogP contribution in [0.4, 0.5) is 5.82 Å². The second-order valence-electron chi connectivity index (χ2n) is 7.13. The molecule has 0 saturated carbocycles. The van der Waals surface area contributed by atoms with Gasteiger partial charge in [-0.1, -0.05) is 17.3 Å². The van der Waals surface area contributed by atoms with E-state index in [1.54, 1.807) is 0 Å². The Morgan fingerprint density at radius 3 is 2.88 bits per heavy atom. The van der Waals surface area contributed by atoms with E-state index in [0.29, 0.717) is 11.8 Å². The van der Waals surface area contributed by atoms with Crippen molar-refractivity contribution in [2.24, 2.45) is 5.92 Å². The number of anilines is 1. The summed E-state index contributed by atoms with van der Waals surface area (Å²) in [5, 5.41) is 5.34. The summed E-state index contributed by atoms with van der Waals surface area (Å²) in [4.78, 5) is 4.77. The first-order chi connectivity index (χ1) is 11.5. The van der Waals surface area contributed by atoms with Gasteiger partial charge >= 0.3 is 0 Å². The zero-order valence-corrected chi connectivity index (χ0v) is 14.7. The SMILES string of the molecule is CS(=O)(=O)C[C@@H]1CC[C@@H]2CN(c3noc4ccccc34)CCN2C1. The van der Waals surface area contributed by atoms with Crippen LogP contribution in [0.25, 0.3) is 11.0 Å². The summed E-state index contributed by atoms with van der Waals surface area (Å²) in [7, 11) is -2.89. The molecule has 1 aromatic heterocycles. The zero-order valence-electron chi connectivity index (χ0n) is 13.9. The number of fused-ring (bicyclic) bond motifs is 2. The van der Waals surface area contributed by atoms with E-state index in [4.69, 9.17) is 4.52 Å². The van der Waals surface area contributed by atoms with Gasteiger partial charge < -0.3 is 9.42 Å². The Balaban J connectivity index is 1.46. The van der Waals surface area contributed by atoms with Crippen LogP contribution < -0.4 is 4.90 Å². The number of para-hydroxylation sites is 1. The highest BCUT2D eigenvalue weighted by Crippen LogP contribution is 2.31. The van der Waals surface area contributed by atoms with Gasteiger partial charge in [-0.15, -0.1) is 0 Å². The smallest absolute Gasteiger partial charge is 0.180 e. The van der Waals surface area contributed by atoms with Gasteiger partial charge in [0.1, 0.15) is 9.84 Å². The number of piperazine rings is 1. The minimum Gasteiger partial charge on any atom is -0.354 e. The lowest BCUT2D eigenvalue weighted by atomic mass is 9.92. The summed E-state index contributed by atoms with van der Waals surface area (Å²) in [5.74, 6) is 1.52. The lowest BCUT2D eigenvalue weighted by Crippen LogP contribution is -2.57. The molecule has 2 fully saturated rings. The fourth-order valence-electron chi connectivity index (χ4n) is 4.12. The molecule has 2 aliphatic rings. The molecule has 24 heavy (non-hydrogen) atoms. The topological polar surface area (TPSA) is 66.7 Å². The van der Waals surface area contributed by atoms with Crippen molar-refractivity contribution in [1.82, 2.24) is 10.1 Å². The maximum atomic E-state index is 11.5. The fraction of sp³-hybridized carbons (Fsp3) is 0.588. The zero-order chi connectivity index (χ0) is 16.7. The van der Waals surface area contributed by atoms with Crippen LogP contribution >= 0.6 is 0 Å². The number of nitrogens with zero attached hydrogens (tertiary/aromatic N) is 3.